The number of aromatic carboxylic acids is 1. The number of aromatic hydroxyl groups is 1. The van der Waals surface area contributed by atoms with Gasteiger partial charge >= 0.3 is 18.0 Å². The molecule has 1 aliphatic rings. The third-order valence-electron chi connectivity index (χ3n) is 5.61. The fourth-order valence-electron chi connectivity index (χ4n) is 3.94. The fourth-order valence-corrected chi connectivity index (χ4v) is 3.94. The Bertz CT molecular complexity index is 1270. The van der Waals surface area contributed by atoms with Crippen LogP contribution in [0.3, 0.4) is 0 Å². The van der Waals surface area contributed by atoms with Crippen LogP contribution >= 0.6 is 0 Å². The number of ether oxygens (including phenoxy) is 1. The molecular weight excluding hydrogens is 462 g/mol. The van der Waals surface area contributed by atoms with E-state index < -0.39 is 47.4 Å². The second-order valence-corrected chi connectivity index (χ2v) is 7.87. The first-order chi connectivity index (χ1) is 16.7. The van der Waals surface area contributed by atoms with Gasteiger partial charge in [-0.3, -0.25) is 4.79 Å². The SMILES string of the molecule is O=C(NCC(F)(F)C(=O)Nc1ccc(O)cc1C(=O)O)OCC1c2ccccc2-c2ccccc21. The minimum Gasteiger partial charge on any atom is -0.508 e. The number of carbonyl (C=O) groups is 3. The monoisotopic (exact) mass is 482 g/mol. The minimum absolute atomic E-state index is 0.0902. The van der Waals surface area contributed by atoms with Crippen LogP contribution in [0.2, 0.25) is 0 Å². The Morgan fingerprint density at radius 2 is 1.54 bits per heavy atom. The van der Waals surface area contributed by atoms with Gasteiger partial charge in [0.2, 0.25) is 0 Å². The summed E-state index contributed by atoms with van der Waals surface area (Å²) in [4.78, 5) is 35.4. The molecule has 0 bridgehead atoms. The number of fused-ring (bicyclic) bond motifs is 3. The number of rotatable bonds is 7. The molecule has 0 fully saturated rings. The predicted octanol–water partition coefficient (Wildman–Crippen LogP) is 4.20. The van der Waals surface area contributed by atoms with Gasteiger partial charge in [-0.25, -0.2) is 9.59 Å². The number of phenolic OH excluding ortho intramolecular Hbond substituents is 1. The average molecular weight is 482 g/mol. The Kier molecular flexibility index (Phi) is 6.37. The van der Waals surface area contributed by atoms with Crippen molar-refractivity contribution in [3.8, 4) is 16.9 Å². The van der Waals surface area contributed by atoms with Crippen LogP contribution in [0.5, 0.6) is 5.75 Å². The first kappa shape index (κ1) is 23.7. The Labute approximate surface area is 198 Å². The van der Waals surface area contributed by atoms with Gasteiger partial charge in [0.1, 0.15) is 12.4 Å². The van der Waals surface area contributed by atoms with E-state index in [4.69, 9.17) is 9.84 Å². The molecule has 35 heavy (non-hydrogen) atoms. The average Bonchev–Trinajstić information content (AvgIpc) is 3.16. The quantitative estimate of drug-likeness (QED) is 0.374. The summed E-state index contributed by atoms with van der Waals surface area (Å²) < 4.78 is 33.8. The van der Waals surface area contributed by atoms with Gasteiger partial charge in [0.05, 0.1) is 17.8 Å². The molecule has 4 N–H and O–H groups in total. The number of nitrogens with one attached hydrogen (secondary N) is 2. The van der Waals surface area contributed by atoms with Crippen LogP contribution in [-0.2, 0) is 9.53 Å². The van der Waals surface area contributed by atoms with Crippen molar-refractivity contribution in [1.29, 1.82) is 0 Å². The molecule has 2 amide bonds. The first-order valence-corrected chi connectivity index (χ1v) is 10.5. The number of carboxylic acids is 1. The molecule has 3 aromatic carbocycles. The number of anilines is 1. The fraction of sp³-hybridized carbons (Fsp3) is 0.160. The summed E-state index contributed by atoms with van der Waals surface area (Å²) in [5.41, 5.74) is 2.92. The van der Waals surface area contributed by atoms with Crippen LogP contribution in [0, 0.1) is 0 Å². The van der Waals surface area contributed by atoms with Gasteiger partial charge < -0.3 is 25.6 Å². The Balaban J connectivity index is 1.36. The van der Waals surface area contributed by atoms with E-state index >= 15 is 0 Å². The highest BCUT2D eigenvalue weighted by Gasteiger charge is 2.40. The minimum atomic E-state index is -4.07. The lowest BCUT2D eigenvalue weighted by molar-refractivity contribution is -0.138. The first-order valence-electron chi connectivity index (χ1n) is 10.5. The van der Waals surface area contributed by atoms with Crippen LogP contribution in [0.1, 0.15) is 27.4 Å². The van der Waals surface area contributed by atoms with Crippen molar-refractivity contribution in [3.63, 3.8) is 0 Å². The molecule has 0 heterocycles. The van der Waals surface area contributed by atoms with Crippen molar-refractivity contribution in [2.45, 2.75) is 11.8 Å². The number of halogens is 2. The predicted molar refractivity (Wildman–Crippen MR) is 122 cm³/mol. The van der Waals surface area contributed by atoms with E-state index in [-0.39, 0.29) is 12.5 Å². The standard InChI is InChI=1S/C25H20F2N2O6/c26-25(27,23(33)29-21-10-9-14(30)11-19(21)22(31)32)13-28-24(34)35-12-20-17-7-3-1-5-15(17)16-6-2-4-8-18(16)20/h1-11,20,30H,12-13H2,(H,28,34)(H,29,33)(H,31,32). The summed E-state index contributed by atoms with van der Waals surface area (Å²) in [7, 11) is 0. The topological polar surface area (TPSA) is 125 Å². The highest BCUT2D eigenvalue weighted by atomic mass is 19.3. The molecule has 0 radical (unpaired) electrons. The molecule has 1 aliphatic carbocycles. The summed E-state index contributed by atoms with van der Waals surface area (Å²) in [6.45, 7) is -1.46. The molecule has 0 aromatic heterocycles. The molecule has 180 valence electrons. The van der Waals surface area contributed by atoms with Crippen molar-refractivity contribution < 1.29 is 38.1 Å². The maximum atomic E-state index is 14.3. The molecule has 0 saturated heterocycles. The van der Waals surface area contributed by atoms with Gasteiger partial charge in [0, 0.05) is 5.92 Å². The summed E-state index contributed by atoms with van der Waals surface area (Å²) in [5, 5.41) is 22.2. The molecule has 0 spiro atoms. The van der Waals surface area contributed by atoms with E-state index in [1.165, 1.54) is 0 Å². The second kappa shape index (κ2) is 9.41. The van der Waals surface area contributed by atoms with Crippen LogP contribution in [0.4, 0.5) is 19.3 Å². The van der Waals surface area contributed by atoms with Gasteiger partial charge in [-0.1, -0.05) is 48.5 Å². The summed E-state index contributed by atoms with van der Waals surface area (Å²) in [6, 6.07) is 18.1. The van der Waals surface area contributed by atoms with Gasteiger partial charge in [-0.15, -0.1) is 0 Å². The highest BCUT2D eigenvalue weighted by molar-refractivity contribution is 6.03. The number of benzene rings is 3. The highest BCUT2D eigenvalue weighted by Crippen LogP contribution is 2.44. The Morgan fingerprint density at radius 1 is 0.943 bits per heavy atom. The Morgan fingerprint density at radius 3 is 2.14 bits per heavy atom. The van der Waals surface area contributed by atoms with Crippen molar-refractivity contribution in [2.24, 2.45) is 0 Å². The van der Waals surface area contributed by atoms with Crippen molar-refractivity contribution in [2.75, 3.05) is 18.5 Å². The number of carbonyl (C=O) groups excluding carboxylic acids is 2. The van der Waals surface area contributed by atoms with Crippen LogP contribution in [0.25, 0.3) is 11.1 Å². The lowest BCUT2D eigenvalue weighted by atomic mass is 9.98. The van der Waals surface area contributed by atoms with Crippen molar-refractivity contribution in [1.82, 2.24) is 5.32 Å². The smallest absolute Gasteiger partial charge is 0.407 e. The maximum Gasteiger partial charge on any atom is 0.407 e. The van der Waals surface area contributed by atoms with E-state index in [2.05, 4.69) is 0 Å². The number of amides is 2. The lowest BCUT2D eigenvalue weighted by Gasteiger charge is -2.18. The zero-order valence-corrected chi connectivity index (χ0v) is 18.1. The second-order valence-electron chi connectivity index (χ2n) is 7.87. The van der Waals surface area contributed by atoms with Crippen LogP contribution in [-0.4, -0.2) is 47.3 Å². The molecule has 0 unspecified atom stereocenters. The molecular formula is C25H20F2N2O6. The largest absolute Gasteiger partial charge is 0.508 e. The normalized spacial score (nSPS) is 12.4. The van der Waals surface area contributed by atoms with Gasteiger partial charge in [0.25, 0.3) is 5.91 Å². The van der Waals surface area contributed by atoms with Crippen molar-refractivity contribution >= 4 is 23.7 Å². The van der Waals surface area contributed by atoms with E-state index in [1.807, 2.05) is 59.2 Å². The number of phenols is 1. The Hall–Kier alpha value is -4.47. The molecule has 10 heteroatoms. The van der Waals surface area contributed by atoms with Crippen LogP contribution in [0.15, 0.2) is 66.7 Å². The van der Waals surface area contributed by atoms with Gasteiger partial charge in [0.15, 0.2) is 0 Å². The lowest BCUT2D eigenvalue weighted by Crippen LogP contribution is -2.45. The molecule has 8 nitrogen and oxygen atoms in total. The number of alkyl carbamates (subject to hydrolysis) is 1. The zero-order valence-electron chi connectivity index (χ0n) is 18.1. The third kappa shape index (κ3) is 4.91. The van der Waals surface area contributed by atoms with E-state index in [0.717, 1.165) is 40.5 Å². The summed E-state index contributed by atoms with van der Waals surface area (Å²) in [6.07, 6.45) is -1.13. The molecule has 3 aromatic rings. The zero-order chi connectivity index (χ0) is 25.2. The molecule has 0 saturated carbocycles. The van der Waals surface area contributed by atoms with E-state index in [0.29, 0.717) is 0 Å². The number of hydrogen-bond donors (Lipinski definition) is 4. The molecule has 4 rings (SSSR count). The van der Waals surface area contributed by atoms with Gasteiger partial charge in [-0.05, 0) is 40.5 Å². The maximum absolute atomic E-state index is 14.3. The van der Waals surface area contributed by atoms with Crippen molar-refractivity contribution in [3.05, 3.63) is 83.4 Å². The molecule has 0 atom stereocenters. The van der Waals surface area contributed by atoms with Gasteiger partial charge in [-0.2, -0.15) is 8.78 Å². The summed E-state index contributed by atoms with van der Waals surface area (Å²) in [5.74, 6) is -8.11. The number of carboxylic acid groups (broad SMARTS) is 1. The van der Waals surface area contributed by atoms with Crippen LogP contribution < -0.4 is 10.6 Å². The summed E-state index contributed by atoms with van der Waals surface area (Å²) >= 11 is 0. The number of alkyl halides is 2. The number of hydrogen-bond acceptors (Lipinski definition) is 5. The third-order valence-corrected chi connectivity index (χ3v) is 5.61. The van der Waals surface area contributed by atoms with E-state index in [1.54, 1.807) is 0 Å². The molecule has 0 aliphatic heterocycles. The van der Waals surface area contributed by atoms with E-state index in [9.17, 15) is 28.3 Å².